The molecule has 2 heterocycles. The van der Waals surface area contributed by atoms with Gasteiger partial charge in [-0.25, -0.2) is 13.4 Å². The average Bonchev–Trinajstić information content (AvgIpc) is 2.94. The van der Waals surface area contributed by atoms with E-state index in [0.29, 0.717) is 11.3 Å². The number of benzene rings is 1. The Morgan fingerprint density at radius 2 is 1.71 bits per heavy atom. The minimum Gasteiger partial charge on any atom is -0.295 e. The lowest BCUT2D eigenvalue weighted by Gasteiger charge is -2.19. The van der Waals surface area contributed by atoms with E-state index in [9.17, 15) is 13.2 Å². The summed E-state index contributed by atoms with van der Waals surface area (Å²) < 4.78 is 26.7. The van der Waals surface area contributed by atoms with Crippen LogP contribution in [0.3, 0.4) is 0 Å². The number of hydrogen-bond acceptors (Lipinski definition) is 4. The number of fused-ring (bicyclic) bond motifs is 1. The van der Waals surface area contributed by atoms with Crippen LogP contribution in [0, 0.1) is 13.8 Å². The van der Waals surface area contributed by atoms with E-state index in [4.69, 9.17) is 0 Å². The number of carbonyl (C=O) groups is 1. The molecule has 8 heteroatoms. The lowest BCUT2D eigenvalue weighted by molar-refractivity contribution is 0.0938. The quantitative estimate of drug-likeness (QED) is 0.659. The summed E-state index contributed by atoms with van der Waals surface area (Å²) in [7, 11) is -3.89. The zero-order chi connectivity index (χ0) is 20.7. The number of hydrogen-bond donors (Lipinski definition) is 2. The molecule has 0 spiro atoms. The van der Waals surface area contributed by atoms with Gasteiger partial charge in [0, 0.05) is 6.20 Å². The first-order valence-electron chi connectivity index (χ1n) is 8.87. The van der Waals surface area contributed by atoms with Gasteiger partial charge in [-0.05, 0) is 54.7 Å². The topological polar surface area (TPSA) is 92.6 Å². The number of pyridine rings is 1. The molecule has 0 saturated carbocycles. The first-order valence-corrected chi connectivity index (χ1v) is 10.4. The Hall–Kier alpha value is -2.71. The van der Waals surface area contributed by atoms with Gasteiger partial charge in [-0.3, -0.25) is 14.6 Å². The van der Waals surface area contributed by atoms with Crippen molar-refractivity contribution in [3.8, 4) is 0 Å². The third-order valence-corrected chi connectivity index (χ3v) is 5.76. The number of aromatic nitrogens is 2. The maximum Gasteiger partial charge on any atom is 0.285 e. The Labute approximate surface area is 164 Å². The molecule has 148 valence electrons. The second-order valence-corrected chi connectivity index (χ2v) is 9.49. The molecule has 0 aliphatic heterocycles. The first kappa shape index (κ1) is 20.0. The van der Waals surface area contributed by atoms with Gasteiger partial charge in [0.25, 0.3) is 15.9 Å². The highest BCUT2D eigenvalue weighted by Gasteiger charge is 2.21. The molecule has 7 nitrogen and oxygen atoms in total. The summed E-state index contributed by atoms with van der Waals surface area (Å²) in [5.41, 5.74) is 5.65. The molecule has 0 bridgehead atoms. The van der Waals surface area contributed by atoms with Gasteiger partial charge < -0.3 is 0 Å². The highest BCUT2D eigenvalue weighted by atomic mass is 32.2. The second kappa shape index (κ2) is 7.03. The zero-order valence-corrected chi connectivity index (χ0v) is 17.4. The average molecular weight is 401 g/mol. The fraction of sp³-hybridized carbons (Fsp3) is 0.300. The minimum absolute atomic E-state index is 0.0753. The van der Waals surface area contributed by atoms with Crippen LogP contribution in [0.2, 0.25) is 0 Å². The molecule has 3 aromatic rings. The van der Waals surface area contributed by atoms with Gasteiger partial charge in [0.05, 0.1) is 10.6 Å². The molecule has 0 fully saturated rings. The number of carbonyl (C=O) groups excluding carboxylic acids is 1. The smallest absolute Gasteiger partial charge is 0.285 e. The summed E-state index contributed by atoms with van der Waals surface area (Å²) in [5, 5.41) is 0. The molecule has 1 aromatic carbocycles. The van der Waals surface area contributed by atoms with Crippen LogP contribution < -0.4 is 10.3 Å². The monoisotopic (exact) mass is 400 g/mol. The first-order chi connectivity index (χ1) is 13.0. The molecular weight excluding hydrogens is 376 g/mol. The highest BCUT2D eigenvalue weighted by Crippen LogP contribution is 2.23. The van der Waals surface area contributed by atoms with E-state index in [2.05, 4.69) is 36.0 Å². The van der Waals surface area contributed by atoms with E-state index >= 15 is 0 Å². The van der Waals surface area contributed by atoms with Gasteiger partial charge in [0.2, 0.25) is 0 Å². The molecule has 3 rings (SSSR count). The predicted octanol–water partition coefficient (Wildman–Crippen LogP) is 2.87. The number of aryl methyl sites for hydroxylation is 2. The lowest BCUT2D eigenvalue weighted by Crippen LogP contribution is -2.42. The zero-order valence-electron chi connectivity index (χ0n) is 16.6. The van der Waals surface area contributed by atoms with Crippen LogP contribution in [0.15, 0.2) is 47.5 Å². The number of nitrogens with zero attached hydrogens (tertiary/aromatic N) is 2. The molecule has 2 aromatic heterocycles. The van der Waals surface area contributed by atoms with Gasteiger partial charge in [-0.15, -0.1) is 4.83 Å². The van der Waals surface area contributed by atoms with E-state index in [1.165, 1.54) is 12.1 Å². The van der Waals surface area contributed by atoms with E-state index in [-0.39, 0.29) is 16.0 Å². The lowest BCUT2D eigenvalue weighted by atomic mass is 9.87. The fourth-order valence-corrected chi connectivity index (χ4v) is 3.74. The van der Waals surface area contributed by atoms with Crippen LogP contribution >= 0.6 is 0 Å². The van der Waals surface area contributed by atoms with Crippen LogP contribution in [0.5, 0.6) is 0 Å². The fourth-order valence-electron chi connectivity index (χ4n) is 2.90. The van der Waals surface area contributed by atoms with Crippen molar-refractivity contribution in [2.24, 2.45) is 0 Å². The van der Waals surface area contributed by atoms with Crippen molar-refractivity contribution < 1.29 is 13.2 Å². The van der Waals surface area contributed by atoms with E-state index in [1.807, 2.05) is 19.1 Å². The van der Waals surface area contributed by atoms with Crippen molar-refractivity contribution in [1.29, 1.82) is 0 Å². The van der Waals surface area contributed by atoms with E-state index in [0.717, 1.165) is 11.1 Å². The normalized spacial score (nSPS) is 12.3. The van der Waals surface area contributed by atoms with Crippen molar-refractivity contribution in [1.82, 2.24) is 19.6 Å². The summed E-state index contributed by atoms with van der Waals surface area (Å²) >= 11 is 0. The van der Waals surface area contributed by atoms with E-state index < -0.39 is 15.9 Å². The van der Waals surface area contributed by atoms with Gasteiger partial charge >= 0.3 is 0 Å². The number of amides is 1. The Morgan fingerprint density at radius 3 is 2.32 bits per heavy atom. The summed E-state index contributed by atoms with van der Waals surface area (Å²) in [6.07, 6.45) is 1.74. The number of imidazole rings is 1. The van der Waals surface area contributed by atoms with Crippen LogP contribution in [0.25, 0.3) is 5.65 Å². The van der Waals surface area contributed by atoms with Gasteiger partial charge in [-0.2, -0.15) is 0 Å². The molecule has 2 N–H and O–H groups in total. The maximum absolute atomic E-state index is 12.6. The van der Waals surface area contributed by atoms with Crippen molar-refractivity contribution in [3.63, 3.8) is 0 Å². The third kappa shape index (κ3) is 3.93. The summed E-state index contributed by atoms with van der Waals surface area (Å²) in [5.74, 6) is -0.580. The van der Waals surface area contributed by atoms with E-state index in [1.54, 1.807) is 29.7 Å². The minimum atomic E-state index is -3.89. The van der Waals surface area contributed by atoms with Crippen LogP contribution in [-0.2, 0) is 15.4 Å². The summed E-state index contributed by atoms with van der Waals surface area (Å²) in [4.78, 5) is 19.2. The van der Waals surface area contributed by atoms with Crippen molar-refractivity contribution in [3.05, 3.63) is 65.1 Å². The highest BCUT2D eigenvalue weighted by molar-refractivity contribution is 7.89. The van der Waals surface area contributed by atoms with Crippen molar-refractivity contribution in [2.45, 2.75) is 44.9 Å². The molecular formula is C20H24N4O3S. The number of nitrogens with one attached hydrogen (secondary N) is 2. The Kier molecular flexibility index (Phi) is 5.03. The summed E-state index contributed by atoms with van der Waals surface area (Å²) in [6, 6.07) is 10.3. The molecule has 0 aliphatic rings. The van der Waals surface area contributed by atoms with Crippen LogP contribution in [0.1, 0.15) is 48.1 Å². The van der Waals surface area contributed by atoms with Crippen molar-refractivity contribution in [2.75, 3.05) is 0 Å². The standard InChI is InChI=1S/C20H24N4O3S/c1-13-10-11-24-17(12-13)21-14(2)18(24)19(25)22-23-28(26,27)16-8-6-15(7-9-16)20(3,4)5/h6-12,23H,1-5H3,(H,22,25). The number of rotatable bonds is 4. The van der Waals surface area contributed by atoms with Gasteiger partial charge in [0.15, 0.2) is 0 Å². The SMILES string of the molecule is Cc1ccn2c(C(=O)NNS(=O)(=O)c3ccc(C(C)(C)C)cc3)c(C)nc2c1. The number of hydrazine groups is 1. The predicted molar refractivity (Wildman–Crippen MR) is 108 cm³/mol. The van der Waals surface area contributed by atoms with Gasteiger partial charge in [0.1, 0.15) is 11.3 Å². The van der Waals surface area contributed by atoms with Gasteiger partial charge in [-0.1, -0.05) is 32.9 Å². The molecule has 0 unspecified atom stereocenters. The maximum atomic E-state index is 12.6. The van der Waals surface area contributed by atoms with Crippen LogP contribution in [-0.4, -0.2) is 23.7 Å². The largest absolute Gasteiger partial charge is 0.295 e. The molecule has 0 radical (unpaired) electrons. The third-order valence-electron chi connectivity index (χ3n) is 4.50. The molecule has 0 saturated heterocycles. The second-order valence-electron chi connectivity index (χ2n) is 7.81. The van der Waals surface area contributed by atoms with Crippen LogP contribution in [0.4, 0.5) is 0 Å². The molecule has 28 heavy (non-hydrogen) atoms. The Morgan fingerprint density at radius 1 is 1.07 bits per heavy atom. The molecule has 1 amide bonds. The Bertz CT molecular complexity index is 1140. The summed E-state index contributed by atoms with van der Waals surface area (Å²) in [6.45, 7) is 9.79. The number of sulfonamides is 1. The molecule has 0 atom stereocenters. The Balaban J connectivity index is 1.80. The molecule has 0 aliphatic carbocycles. The van der Waals surface area contributed by atoms with Crippen molar-refractivity contribution >= 4 is 21.6 Å².